The molecule has 0 spiro atoms. The Hall–Kier alpha value is -1.12. The van der Waals surface area contributed by atoms with Crippen LogP contribution in [0.2, 0.25) is 0 Å². The predicted molar refractivity (Wildman–Crippen MR) is 91.4 cm³/mol. The lowest BCUT2D eigenvalue weighted by Crippen LogP contribution is -2.51. The third-order valence-electron chi connectivity index (χ3n) is 3.02. The van der Waals surface area contributed by atoms with Crippen molar-refractivity contribution in [2.24, 2.45) is 0 Å². The quantitative estimate of drug-likeness (QED) is 0.770. The van der Waals surface area contributed by atoms with Gasteiger partial charge in [0, 0.05) is 17.6 Å². The zero-order valence-electron chi connectivity index (χ0n) is 13.6. The second kappa shape index (κ2) is 8.12. The van der Waals surface area contributed by atoms with E-state index in [1.165, 1.54) is 7.11 Å². The van der Waals surface area contributed by atoms with E-state index in [4.69, 9.17) is 4.74 Å². The largest absolute Gasteiger partial charge is 0.495 e. The van der Waals surface area contributed by atoms with Crippen molar-refractivity contribution >= 4 is 32.2 Å². The van der Waals surface area contributed by atoms with Gasteiger partial charge in [-0.2, -0.15) is 0 Å². The fraction of sp³-hybridized carbons (Fsp3) is 0.533. The molecule has 1 aliphatic rings. The van der Waals surface area contributed by atoms with Gasteiger partial charge in [-0.05, 0) is 39.0 Å². The standard InChI is InChI=1S/C10H12BrNO3S.C5H10O2/c1-15-9-3-2-7(11)4-10(9)16(13,14)8-5-12-6-8;1-5(2,3)7-4-6/h2-4,8,12H,5-6H2,1H3;4H,1-3H3. The first-order valence-corrected chi connectivity index (χ1v) is 9.35. The Morgan fingerprint density at radius 2 is 1.91 bits per heavy atom. The molecule has 1 N–H and O–H groups in total. The van der Waals surface area contributed by atoms with Crippen molar-refractivity contribution in [3.05, 3.63) is 22.7 Å². The van der Waals surface area contributed by atoms with E-state index in [9.17, 15) is 13.2 Å². The second-order valence-electron chi connectivity index (χ2n) is 5.95. The fourth-order valence-electron chi connectivity index (χ4n) is 1.68. The summed E-state index contributed by atoms with van der Waals surface area (Å²) in [5.41, 5.74) is -0.318. The van der Waals surface area contributed by atoms with Crippen molar-refractivity contribution in [3.8, 4) is 5.75 Å². The maximum absolute atomic E-state index is 12.2. The van der Waals surface area contributed by atoms with Crippen molar-refractivity contribution in [1.29, 1.82) is 0 Å². The highest BCUT2D eigenvalue weighted by Crippen LogP contribution is 2.30. The molecule has 1 aromatic rings. The third-order valence-corrected chi connectivity index (χ3v) is 5.65. The highest BCUT2D eigenvalue weighted by Gasteiger charge is 2.34. The van der Waals surface area contributed by atoms with Gasteiger partial charge in [0.1, 0.15) is 16.2 Å². The molecule has 0 aliphatic carbocycles. The van der Waals surface area contributed by atoms with E-state index < -0.39 is 9.84 Å². The third kappa shape index (κ3) is 5.78. The Bertz CT molecular complexity index is 636. The summed E-state index contributed by atoms with van der Waals surface area (Å²) in [6.45, 7) is 6.94. The van der Waals surface area contributed by atoms with Crippen LogP contribution < -0.4 is 10.1 Å². The molecule has 0 saturated carbocycles. The molecule has 0 aromatic heterocycles. The number of carbonyl (C=O) groups is 1. The van der Waals surface area contributed by atoms with Crippen molar-refractivity contribution in [2.45, 2.75) is 36.5 Å². The summed E-state index contributed by atoms with van der Waals surface area (Å²) in [6, 6.07) is 5.01. The van der Waals surface area contributed by atoms with E-state index >= 15 is 0 Å². The molecule has 2 rings (SSSR count). The number of hydrogen-bond acceptors (Lipinski definition) is 6. The van der Waals surface area contributed by atoms with Crippen LogP contribution in [0.5, 0.6) is 5.75 Å². The summed E-state index contributed by atoms with van der Waals surface area (Å²) in [5.74, 6) is 0.398. The highest BCUT2D eigenvalue weighted by atomic mass is 79.9. The number of halogens is 1. The molecule has 1 aliphatic heterocycles. The number of carbonyl (C=O) groups excluding carboxylic acids is 1. The number of methoxy groups -OCH3 is 1. The molecule has 8 heteroatoms. The first kappa shape index (κ1) is 19.9. The molecule has 130 valence electrons. The lowest BCUT2D eigenvalue weighted by molar-refractivity contribution is -0.138. The maximum atomic E-state index is 12.2. The van der Waals surface area contributed by atoms with Crippen molar-refractivity contribution in [1.82, 2.24) is 5.32 Å². The van der Waals surface area contributed by atoms with Gasteiger partial charge < -0.3 is 14.8 Å². The molecule has 6 nitrogen and oxygen atoms in total. The average molecular weight is 408 g/mol. The number of nitrogens with one attached hydrogen (secondary N) is 1. The lowest BCUT2D eigenvalue weighted by atomic mass is 10.2. The van der Waals surface area contributed by atoms with Gasteiger partial charge in [0.05, 0.1) is 12.4 Å². The van der Waals surface area contributed by atoms with Crippen LogP contribution in [0.3, 0.4) is 0 Å². The van der Waals surface area contributed by atoms with Crippen molar-refractivity contribution in [3.63, 3.8) is 0 Å². The van der Waals surface area contributed by atoms with Crippen LogP contribution in [0.25, 0.3) is 0 Å². The van der Waals surface area contributed by atoms with Gasteiger partial charge in [-0.1, -0.05) is 15.9 Å². The number of benzene rings is 1. The predicted octanol–water partition coefficient (Wildman–Crippen LogP) is 2.16. The summed E-state index contributed by atoms with van der Waals surface area (Å²) in [4.78, 5) is 9.86. The summed E-state index contributed by atoms with van der Waals surface area (Å²) in [6.07, 6.45) is 0. The molecule has 1 fully saturated rings. The molecule has 0 amide bonds. The molecule has 0 unspecified atom stereocenters. The minimum Gasteiger partial charge on any atom is -0.495 e. The van der Waals surface area contributed by atoms with E-state index in [1.54, 1.807) is 18.2 Å². The molecule has 1 saturated heterocycles. The van der Waals surface area contributed by atoms with Crippen LogP contribution >= 0.6 is 15.9 Å². The molecule has 0 atom stereocenters. The van der Waals surface area contributed by atoms with Gasteiger partial charge in [0.2, 0.25) is 0 Å². The van der Waals surface area contributed by atoms with Gasteiger partial charge in [-0.3, -0.25) is 4.79 Å². The van der Waals surface area contributed by atoms with Crippen molar-refractivity contribution < 1.29 is 22.7 Å². The Kier molecular flexibility index (Phi) is 7.03. The summed E-state index contributed by atoms with van der Waals surface area (Å²) < 4.78 is 34.8. The van der Waals surface area contributed by atoms with E-state index in [1.807, 2.05) is 20.8 Å². The molecular weight excluding hydrogens is 386 g/mol. The summed E-state index contributed by atoms with van der Waals surface area (Å²) in [7, 11) is -1.81. The topological polar surface area (TPSA) is 81.7 Å². The smallest absolute Gasteiger partial charge is 0.293 e. The zero-order chi connectivity index (χ0) is 17.7. The zero-order valence-corrected chi connectivity index (χ0v) is 16.0. The number of rotatable bonds is 4. The van der Waals surface area contributed by atoms with Crippen LogP contribution in [0, 0.1) is 0 Å². The van der Waals surface area contributed by atoms with E-state index in [-0.39, 0.29) is 15.7 Å². The van der Waals surface area contributed by atoms with Gasteiger partial charge in [0.25, 0.3) is 6.47 Å². The Morgan fingerprint density at radius 1 is 1.30 bits per heavy atom. The number of hydrogen-bond donors (Lipinski definition) is 1. The monoisotopic (exact) mass is 407 g/mol. The van der Waals surface area contributed by atoms with Crippen LogP contribution in [0.1, 0.15) is 20.8 Å². The SMILES string of the molecule is CC(C)(C)OC=O.COc1ccc(Br)cc1S(=O)(=O)C1CNC1. The first-order chi connectivity index (χ1) is 10.6. The van der Waals surface area contributed by atoms with Crippen molar-refractivity contribution in [2.75, 3.05) is 20.2 Å². The molecule has 23 heavy (non-hydrogen) atoms. The minimum atomic E-state index is -3.28. The maximum Gasteiger partial charge on any atom is 0.293 e. The van der Waals surface area contributed by atoms with Crippen LogP contribution in [-0.4, -0.2) is 45.9 Å². The normalized spacial score (nSPS) is 15.0. The summed E-state index contributed by atoms with van der Waals surface area (Å²) in [5, 5.41) is 2.62. The second-order valence-corrected chi connectivity index (χ2v) is 9.06. The molecule has 1 heterocycles. The lowest BCUT2D eigenvalue weighted by Gasteiger charge is -2.27. The van der Waals surface area contributed by atoms with Crippen LogP contribution in [-0.2, 0) is 19.4 Å². The van der Waals surface area contributed by atoms with Crippen LogP contribution in [0.4, 0.5) is 0 Å². The highest BCUT2D eigenvalue weighted by molar-refractivity contribution is 9.10. The number of sulfone groups is 1. The van der Waals surface area contributed by atoms with Gasteiger partial charge in [-0.15, -0.1) is 0 Å². The Morgan fingerprint density at radius 3 is 2.26 bits per heavy atom. The van der Waals surface area contributed by atoms with Gasteiger partial charge in [0.15, 0.2) is 9.84 Å². The fourth-order valence-corrected chi connectivity index (χ4v) is 3.95. The van der Waals surface area contributed by atoms with Gasteiger partial charge >= 0.3 is 0 Å². The minimum absolute atomic E-state index is 0.260. The first-order valence-electron chi connectivity index (χ1n) is 7.01. The Labute approximate surface area is 145 Å². The molecule has 0 bridgehead atoms. The summed E-state index contributed by atoms with van der Waals surface area (Å²) >= 11 is 3.27. The average Bonchev–Trinajstić information content (AvgIpc) is 2.35. The van der Waals surface area contributed by atoms with Gasteiger partial charge in [-0.25, -0.2) is 8.42 Å². The van der Waals surface area contributed by atoms with E-state index in [0.717, 1.165) is 4.47 Å². The molecule has 1 aromatic carbocycles. The van der Waals surface area contributed by atoms with Crippen LogP contribution in [0.15, 0.2) is 27.6 Å². The molecular formula is C15H22BrNO5S. The van der Waals surface area contributed by atoms with E-state index in [2.05, 4.69) is 26.0 Å². The number of ether oxygens (including phenoxy) is 2. The van der Waals surface area contributed by atoms with E-state index in [0.29, 0.717) is 25.3 Å². The molecule has 0 radical (unpaired) electrons. The Balaban J connectivity index is 0.000000322.